The minimum Gasteiger partial charge on any atom is -0.375 e. The van der Waals surface area contributed by atoms with Gasteiger partial charge in [-0.15, -0.1) is 0 Å². The zero-order chi connectivity index (χ0) is 9.97. The van der Waals surface area contributed by atoms with Crippen LogP contribution in [-0.2, 0) is 4.74 Å². The van der Waals surface area contributed by atoms with E-state index in [1.165, 1.54) is 5.56 Å². The third-order valence-electron chi connectivity index (χ3n) is 2.48. The van der Waals surface area contributed by atoms with Crippen LogP contribution in [0.15, 0.2) is 28.7 Å². The fourth-order valence-electron chi connectivity index (χ4n) is 1.64. The van der Waals surface area contributed by atoms with Gasteiger partial charge < -0.3 is 10.1 Å². The summed E-state index contributed by atoms with van der Waals surface area (Å²) in [4.78, 5) is 0. The molecule has 1 aromatic rings. The summed E-state index contributed by atoms with van der Waals surface area (Å²) in [5.74, 6) is 0. The molecule has 1 fully saturated rings. The van der Waals surface area contributed by atoms with Crippen LogP contribution in [0.4, 0.5) is 0 Å². The second-order valence-electron chi connectivity index (χ2n) is 3.63. The van der Waals surface area contributed by atoms with Crippen molar-refractivity contribution < 1.29 is 4.74 Å². The highest BCUT2D eigenvalue weighted by molar-refractivity contribution is 9.10. The average molecular weight is 256 g/mol. The Hall–Kier alpha value is -0.380. The van der Waals surface area contributed by atoms with E-state index in [4.69, 9.17) is 4.74 Å². The van der Waals surface area contributed by atoms with E-state index in [0.29, 0.717) is 12.1 Å². The van der Waals surface area contributed by atoms with Gasteiger partial charge in [0.2, 0.25) is 0 Å². The normalized spacial score (nSPS) is 27.6. The topological polar surface area (TPSA) is 21.3 Å². The molecule has 3 heteroatoms. The summed E-state index contributed by atoms with van der Waals surface area (Å²) in [7, 11) is 0. The van der Waals surface area contributed by atoms with E-state index in [2.05, 4.69) is 46.4 Å². The van der Waals surface area contributed by atoms with Crippen LogP contribution < -0.4 is 5.32 Å². The van der Waals surface area contributed by atoms with Crippen LogP contribution in [0.1, 0.15) is 18.5 Å². The summed E-state index contributed by atoms with van der Waals surface area (Å²) in [5.41, 5.74) is 1.28. The lowest BCUT2D eigenvalue weighted by Gasteiger charge is -2.29. The van der Waals surface area contributed by atoms with Gasteiger partial charge in [0.15, 0.2) is 0 Å². The van der Waals surface area contributed by atoms with Gasteiger partial charge in [0.05, 0.1) is 18.8 Å². The van der Waals surface area contributed by atoms with Crippen LogP contribution in [0.3, 0.4) is 0 Å². The lowest BCUT2D eigenvalue weighted by molar-refractivity contribution is 0.0148. The first-order valence-electron chi connectivity index (χ1n) is 4.87. The van der Waals surface area contributed by atoms with E-state index in [-0.39, 0.29) is 0 Å². The molecule has 0 aromatic heterocycles. The largest absolute Gasteiger partial charge is 0.375 e. The highest BCUT2D eigenvalue weighted by Crippen LogP contribution is 2.25. The summed E-state index contributed by atoms with van der Waals surface area (Å²) >= 11 is 3.55. The quantitative estimate of drug-likeness (QED) is 0.833. The van der Waals surface area contributed by atoms with E-state index in [1.54, 1.807) is 0 Å². The van der Waals surface area contributed by atoms with Crippen molar-refractivity contribution in [1.29, 1.82) is 0 Å². The minimum absolute atomic E-state index is 0.321. The molecule has 0 spiro atoms. The van der Waals surface area contributed by atoms with Gasteiger partial charge in [0, 0.05) is 11.0 Å². The Bertz CT molecular complexity index is 308. The predicted molar refractivity (Wildman–Crippen MR) is 60.3 cm³/mol. The fraction of sp³-hybridized carbons (Fsp3) is 0.455. The highest BCUT2D eigenvalue weighted by Gasteiger charge is 2.20. The lowest BCUT2D eigenvalue weighted by Crippen LogP contribution is -2.39. The Morgan fingerprint density at radius 3 is 2.86 bits per heavy atom. The molecular weight excluding hydrogens is 242 g/mol. The first-order valence-corrected chi connectivity index (χ1v) is 5.66. The number of rotatable bonds is 1. The molecular formula is C11H14BrNO. The molecule has 14 heavy (non-hydrogen) atoms. The number of ether oxygens (including phenoxy) is 1. The SMILES string of the molecule is CC1CNC(c2ccccc2Br)CO1. The maximum Gasteiger partial charge on any atom is 0.0672 e. The molecule has 1 aliphatic rings. The monoisotopic (exact) mass is 255 g/mol. The van der Waals surface area contributed by atoms with Gasteiger partial charge in [0.25, 0.3) is 0 Å². The molecule has 0 saturated carbocycles. The standard InChI is InChI=1S/C11H14BrNO/c1-8-6-13-11(7-14-8)9-4-2-3-5-10(9)12/h2-5,8,11,13H,6-7H2,1H3. The first kappa shape index (κ1) is 10.1. The summed E-state index contributed by atoms with van der Waals surface area (Å²) in [5, 5.41) is 3.47. The van der Waals surface area contributed by atoms with Gasteiger partial charge in [0.1, 0.15) is 0 Å². The van der Waals surface area contributed by atoms with Crippen molar-refractivity contribution in [2.45, 2.75) is 19.1 Å². The van der Waals surface area contributed by atoms with Gasteiger partial charge in [-0.25, -0.2) is 0 Å². The van der Waals surface area contributed by atoms with E-state index in [0.717, 1.165) is 17.6 Å². The Labute approximate surface area is 92.8 Å². The smallest absolute Gasteiger partial charge is 0.0672 e. The summed E-state index contributed by atoms with van der Waals surface area (Å²) in [6, 6.07) is 8.59. The molecule has 2 unspecified atom stereocenters. The van der Waals surface area contributed by atoms with Crippen molar-refractivity contribution in [3.8, 4) is 0 Å². The maximum absolute atomic E-state index is 5.62. The van der Waals surface area contributed by atoms with Crippen LogP contribution in [0.2, 0.25) is 0 Å². The fourth-order valence-corrected chi connectivity index (χ4v) is 2.21. The lowest BCUT2D eigenvalue weighted by atomic mass is 10.1. The van der Waals surface area contributed by atoms with Gasteiger partial charge in [-0.3, -0.25) is 0 Å². The second kappa shape index (κ2) is 4.43. The summed E-state index contributed by atoms with van der Waals surface area (Å²) in [6.07, 6.45) is 0.328. The molecule has 0 amide bonds. The molecule has 2 nitrogen and oxygen atoms in total. The molecule has 76 valence electrons. The highest BCUT2D eigenvalue weighted by atomic mass is 79.9. The van der Waals surface area contributed by atoms with E-state index < -0.39 is 0 Å². The van der Waals surface area contributed by atoms with Crippen LogP contribution >= 0.6 is 15.9 Å². The Kier molecular flexibility index (Phi) is 3.21. The van der Waals surface area contributed by atoms with Crippen molar-refractivity contribution >= 4 is 15.9 Å². The number of hydrogen-bond acceptors (Lipinski definition) is 2. The molecule has 1 saturated heterocycles. The van der Waals surface area contributed by atoms with Gasteiger partial charge in [-0.1, -0.05) is 34.1 Å². The Morgan fingerprint density at radius 2 is 2.21 bits per heavy atom. The molecule has 0 aliphatic carbocycles. The van der Waals surface area contributed by atoms with E-state index in [1.807, 2.05) is 6.07 Å². The van der Waals surface area contributed by atoms with Crippen LogP contribution in [0.5, 0.6) is 0 Å². The van der Waals surface area contributed by atoms with Crippen LogP contribution in [0, 0.1) is 0 Å². The molecule has 2 atom stereocenters. The van der Waals surface area contributed by atoms with E-state index >= 15 is 0 Å². The molecule has 1 aromatic carbocycles. The number of halogens is 1. The van der Waals surface area contributed by atoms with Gasteiger partial charge >= 0.3 is 0 Å². The molecule has 1 aliphatic heterocycles. The van der Waals surface area contributed by atoms with Gasteiger partial charge in [-0.2, -0.15) is 0 Å². The van der Waals surface area contributed by atoms with Crippen LogP contribution in [0.25, 0.3) is 0 Å². The number of hydrogen-bond donors (Lipinski definition) is 1. The number of morpholine rings is 1. The molecule has 2 rings (SSSR count). The first-order chi connectivity index (χ1) is 6.77. The molecule has 1 heterocycles. The van der Waals surface area contributed by atoms with Crippen molar-refractivity contribution in [2.24, 2.45) is 0 Å². The van der Waals surface area contributed by atoms with E-state index in [9.17, 15) is 0 Å². The van der Waals surface area contributed by atoms with Crippen molar-refractivity contribution in [3.63, 3.8) is 0 Å². The minimum atomic E-state index is 0.321. The second-order valence-corrected chi connectivity index (χ2v) is 4.48. The number of nitrogens with one attached hydrogen (secondary N) is 1. The third-order valence-corrected chi connectivity index (χ3v) is 3.20. The zero-order valence-corrected chi connectivity index (χ0v) is 9.75. The third kappa shape index (κ3) is 2.16. The summed E-state index contributed by atoms with van der Waals surface area (Å²) < 4.78 is 6.77. The molecule has 1 N–H and O–H groups in total. The molecule has 0 bridgehead atoms. The molecule has 0 radical (unpaired) electrons. The van der Waals surface area contributed by atoms with Crippen LogP contribution in [-0.4, -0.2) is 19.3 Å². The predicted octanol–water partition coefficient (Wildman–Crippen LogP) is 2.50. The maximum atomic E-state index is 5.62. The van der Waals surface area contributed by atoms with Crippen molar-refractivity contribution in [3.05, 3.63) is 34.3 Å². The summed E-state index contributed by atoms with van der Waals surface area (Å²) in [6.45, 7) is 3.76. The van der Waals surface area contributed by atoms with Gasteiger partial charge in [-0.05, 0) is 18.6 Å². The Balaban J connectivity index is 2.12. The average Bonchev–Trinajstić information content (AvgIpc) is 2.20. The number of benzene rings is 1. The van der Waals surface area contributed by atoms with Crippen molar-refractivity contribution in [2.75, 3.05) is 13.2 Å². The van der Waals surface area contributed by atoms with Crippen molar-refractivity contribution in [1.82, 2.24) is 5.32 Å². The Morgan fingerprint density at radius 1 is 1.43 bits per heavy atom. The zero-order valence-electron chi connectivity index (χ0n) is 8.16.